The van der Waals surface area contributed by atoms with Crippen molar-refractivity contribution in [3.05, 3.63) is 47.3 Å². The molecule has 1 aromatic carbocycles. The summed E-state index contributed by atoms with van der Waals surface area (Å²) >= 11 is 0. The molecule has 0 saturated carbocycles. The van der Waals surface area contributed by atoms with Crippen LogP contribution < -0.4 is 10.6 Å². The largest absolute Gasteiger partial charge is 0.416 e. The molecule has 1 aliphatic heterocycles. The Hall–Kier alpha value is -2.46. The monoisotopic (exact) mass is 383 g/mol. The lowest BCUT2D eigenvalue weighted by Gasteiger charge is -2.22. The summed E-state index contributed by atoms with van der Waals surface area (Å²) in [5, 5.41) is 23.6. The Labute approximate surface area is 153 Å². The molecular formula is C17H20F3N5O2. The molecule has 1 aliphatic rings. The van der Waals surface area contributed by atoms with E-state index in [4.69, 9.17) is 0 Å². The highest BCUT2D eigenvalue weighted by atomic mass is 19.4. The number of alkyl halides is 3. The van der Waals surface area contributed by atoms with Crippen LogP contribution in [-0.2, 0) is 6.18 Å². The first kappa shape index (κ1) is 19.3. The van der Waals surface area contributed by atoms with Crippen LogP contribution in [0.3, 0.4) is 0 Å². The Morgan fingerprint density at radius 3 is 2.81 bits per heavy atom. The van der Waals surface area contributed by atoms with Crippen LogP contribution >= 0.6 is 0 Å². The fourth-order valence-electron chi connectivity index (χ4n) is 2.95. The van der Waals surface area contributed by atoms with E-state index in [2.05, 4.69) is 20.9 Å². The standard InChI is InChI=1S/C17H20F3N5O2/c18-17(19,20)12-3-1-2-11(8-12)15(26)9-22-16(27)14-10-25(24-23-14)13-4-6-21-7-5-13/h1-3,8,10,13,15,21,26H,4-7,9H2,(H,22,27)/t15-/m1/s1. The average Bonchev–Trinajstić information content (AvgIpc) is 3.16. The molecule has 1 saturated heterocycles. The molecule has 0 unspecified atom stereocenters. The number of piperidine rings is 1. The number of aromatic nitrogens is 3. The summed E-state index contributed by atoms with van der Waals surface area (Å²) in [6.45, 7) is 1.50. The van der Waals surface area contributed by atoms with Crippen LogP contribution in [0.5, 0.6) is 0 Å². The summed E-state index contributed by atoms with van der Waals surface area (Å²) in [7, 11) is 0. The van der Waals surface area contributed by atoms with Crippen molar-refractivity contribution in [3.63, 3.8) is 0 Å². The highest BCUT2D eigenvalue weighted by Crippen LogP contribution is 2.30. The van der Waals surface area contributed by atoms with Gasteiger partial charge in [0.05, 0.1) is 23.9 Å². The summed E-state index contributed by atoms with van der Waals surface area (Å²) in [5.74, 6) is -0.541. The zero-order valence-corrected chi connectivity index (χ0v) is 14.4. The number of aliphatic hydroxyl groups excluding tert-OH is 1. The third-order valence-electron chi connectivity index (χ3n) is 4.48. The first-order valence-electron chi connectivity index (χ1n) is 8.60. The summed E-state index contributed by atoms with van der Waals surface area (Å²) in [6.07, 6.45) is -2.44. The number of nitrogens with one attached hydrogen (secondary N) is 2. The number of hydrogen-bond donors (Lipinski definition) is 3. The Kier molecular flexibility index (Phi) is 5.76. The lowest BCUT2D eigenvalue weighted by atomic mass is 10.1. The SMILES string of the molecule is O=C(NC[C@@H](O)c1cccc(C(F)(F)F)c1)c1cn(C2CCNCC2)nn1. The van der Waals surface area contributed by atoms with E-state index >= 15 is 0 Å². The smallest absolute Gasteiger partial charge is 0.387 e. The predicted molar refractivity (Wildman–Crippen MR) is 89.9 cm³/mol. The normalized spacial score (nSPS) is 16.9. The number of amides is 1. The van der Waals surface area contributed by atoms with Crippen molar-refractivity contribution in [1.82, 2.24) is 25.6 Å². The number of benzene rings is 1. The second-order valence-electron chi connectivity index (χ2n) is 6.41. The van der Waals surface area contributed by atoms with Gasteiger partial charge in [-0.3, -0.25) is 4.79 Å². The number of hydrogen-bond acceptors (Lipinski definition) is 5. The highest BCUT2D eigenvalue weighted by Gasteiger charge is 2.31. The second-order valence-corrected chi connectivity index (χ2v) is 6.41. The minimum absolute atomic E-state index is 0.0727. The molecule has 0 radical (unpaired) electrons. The molecule has 3 rings (SSSR count). The average molecular weight is 383 g/mol. The third kappa shape index (κ3) is 4.83. The first-order chi connectivity index (χ1) is 12.8. The van der Waals surface area contributed by atoms with E-state index in [9.17, 15) is 23.1 Å². The van der Waals surface area contributed by atoms with Gasteiger partial charge in [-0.1, -0.05) is 17.3 Å². The number of rotatable bonds is 5. The van der Waals surface area contributed by atoms with Crippen molar-refractivity contribution < 1.29 is 23.1 Å². The van der Waals surface area contributed by atoms with Crippen LogP contribution in [0.15, 0.2) is 30.5 Å². The molecule has 10 heteroatoms. The zero-order valence-electron chi connectivity index (χ0n) is 14.4. The van der Waals surface area contributed by atoms with Gasteiger partial charge in [0.15, 0.2) is 5.69 Å². The van der Waals surface area contributed by atoms with Crippen molar-refractivity contribution in [1.29, 1.82) is 0 Å². The van der Waals surface area contributed by atoms with Crippen molar-refractivity contribution in [2.75, 3.05) is 19.6 Å². The summed E-state index contributed by atoms with van der Waals surface area (Å²) in [6, 6.07) is 4.56. The van der Waals surface area contributed by atoms with E-state index in [-0.39, 0.29) is 23.8 Å². The summed E-state index contributed by atoms with van der Waals surface area (Å²) in [4.78, 5) is 12.2. The van der Waals surface area contributed by atoms with Gasteiger partial charge in [-0.15, -0.1) is 5.10 Å². The number of carbonyl (C=O) groups excluding carboxylic acids is 1. The van der Waals surface area contributed by atoms with Gasteiger partial charge in [0.25, 0.3) is 5.91 Å². The number of halogens is 3. The fraction of sp³-hybridized carbons (Fsp3) is 0.471. The van der Waals surface area contributed by atoms with Crippen molar-refractivity contribution >= 4 is 5.91 Å². The quantitative estimate of drug-likeness (QED) is 0.731. The molecule has 7 nitrogen and oxygen atoms in total. The molecule has 1 aromatic heterocycles. The Morgan fingerprint density at radius 1 is 1.37 bits per heavy atom. The molecule has 2 heterocycles. The molecule has 2 aromatic rings. The minimum atomic E-state index is -4.49. The Balaban J connectivity index is 1.58. The summed E-state index contributed by atoms with van der Waals surface area (Å²) < 4.78 is 39.9. The first-order valence-corrected chi connectivity index (χ1v) is 8.60. The maximum atomic E-state index is 12.7. The van der Waals surface area contributed by atoms with Crippen molar-refractivity contribution in [2.45, 2.75) is 31.2 Å². The second kappa shape index (κ2) is 8.05. The third-order valence-corrected chi connectivity index (χ3v) is 4.48. The van der Waals surface area contributed by atoms with E-state index in [1.165, 1.54) is 12.1 Å². The van der Waals surface area contributed by atoms with Crippen molar-refractivity contribution in [3.8, 4) is 0 Å². The molecule has 27 heavy (non-hydrogen) atoms. The van der Waals surface area contributed by atoms with Crippen LogP contribution in [0.25, 0.3) is 0 Å². The van der Waals surface area contributed by atoms with E-state index in [1.807, 2.05) is 0 Å². The van der Waals surface area contributed by atoms with Gasteiger partial charge in [-0.2, -0.15) is 13.2 Å². The van der Waals surface area contributed by atoms with Gasteiger partial charge >= 0.3 is 6.18 Å². The zero-order chi connectivity index (χ0) is 19.4. The molecule has 0 bridgehead atoms. The van der Waals surface area contributed by atoms with E-state index < -0.39 is 23.8 Å². The number of aliphatic hydroxyl groups is 1. The molecule has 1 fully saturated rings. The maximum absolute atomic E-state index is 12.7. The molecule has 0 spiro atoms. The topological polar surface area (TPSA) is 92.1 Å². The number of nitrogens with zero attached hydrogens (tertiary/aromatic N) is 3. The van der Waals surface area contributed by atoms with Gasteiger partial charge < -0.3 is 15.7 Å². The van der Waals surface area contributed by atoms with Crippen LogP contribution in [0, 0.1) is 0 Å². The maximum Gasteiger partial charge on any atom is 0.416 e. The number of carbonyl (C=O) groups is 1. The van der Waals surface area contributed by atoms with Gasteiger partial charge in [-0.05, 0) is 43.6 Å². The van der Waals surface area contributed by atoms with Gasteiger partial charge in [-0.25, -0.2) is 4.68 Å². The van der Waals surface area contributed by atoms with Gasteiger partial charge in [0.2, 0.25) is 0 Å². The molecule has 3 N–H and O–H groups in total. The molecule has 1 atom stereocenters. The van der Waals surface area contributed by atoms with Gasteiger partial charge in [0, 0.05) is 6.54 Å². The predicted octanol–water partition coefficient (Wildman–Crippen LogP) is 1.68. The van der Waals surface area contributed by atoms with Crippen LogP contribution in [0.4, 0.5) is 13.2 Å². The summed E-state index contributed by atoms with van der Waals surface area (Å²) in [5.41, 5.74) is -0.677. The lowest BCUT2D eigenvalue weighted by Crippen LogP contribution is -2.30. The Morgan fingerprint density at radius 2 is 2.11 bits per heavy atom. The van der Waals surface area contributed by atoms with E-state index in [0.717, 1.165) is 38.1 Å². The molecule has 146 valence electrons. The lowest BCUT2D eigenvalue weighted by molar-refractivity contribution is -0.137. The van der Waals surface area contributed by atoms with E-state index in [1.54, 1.807) is 10.9 Å². The molecule has 0 aliphatic carbocycles. The van der Waals surface area contributed by atoms with Gasteiger partial charge in [0.1, 0.15) is 0 Å². The molecular weight excluding hydrogens is 363 g/mol. The highest BCUT2D eigenvalue weighted by molar-refractivity contribution is 5.91. The van der Waals surface area contributed by atoms with Crippen LogP contribution in [-0.4, -0.2) is 45.6 Å². The molecule has 1 amide bonds. The van der Waals surface area contributed by atoms with Crippen LogP contribution in [0.1, 0.15) is 46.6 Å². The fourth-order valence-corrected chi connectivity index (χ4v) is 2.95. The van der Waals surface area contributed by atoms with E-state index in [0.29, 0.717) is 0 Å². The minimum Gasteiger partial charge on any atom is -0.387 e. The van der Waals surface area contributed by atoms with Crippen molar-refractivity contribution in [2.24, 2.45) is 0 Å². The van der Waals surface area contributed by atoms with Crippen LogP contribution in [0.2, 0.25) is 0 Å². The Bertz CT molecular complexity index is 787.